The third-order valence-corrected chi connectivity index (χ3v) is 4.42. The third kappa shape index (κ3) is 3.94. The zero-order valence-electron chi connectivity index (χ0n) is 11.3. The quantitative estimate of drug-likeness (QED) is 0.559. The van der Waals surface area contributed by atoms with E-state index >= 15 is 0 Å². The summed E-state index contributed by atoms with van der Waals surface area (Å²) in [4.78, 5) is 22.9. The van der Waals surface area contributed by atoms with Crippen LogP contribution >= 0.6 is 0 Å². The number of esters is 1. The lowest BCUT2D eigenvalue weighted by molar-refractivity contribution is -0.140. The Kier molecular flexibility index (Phi) is 4.46. The second-order valence-corrected chi connectivity index (χ2v) is 6.59. The Balaban J connectivity index is 2.02. The minimum atomic E-state index is -3.67. The fourth-order valence-electron chi connectivity index (χ4n) is 1.77. The molecule has 0 saturated heterocycles. The molecule has 0 bridgehead atoms. The van der Waals surface area contributed by atoms with Gasteiger partial charge in [0.2, 0.25) is 6.79 Å². The van der Waals surface area contributed by atoms with E-state index in [0.29, 0.717) is 11.5 Å². The summed E-state index contributed by atoms with van der Waals surface area (Å²) in [5.41, 5.74) is 0.223. The van der Waals surface area contributed by atoms with Gasteiger partial charge in [0, 0.05) is 5.56 Å². The summed E-state index contributed by atoms with van der Waals surface area (Å²) in [5, 5.41) is 0. The number of carbonyl (C=O) groups excluding carboxylic acids is 2. The Hall–Kier alpha value is -2.09. The summed E-state index contributed by atoms with van der Waals surface area (Å²) in [7, 11) is -2.50. The van der Waals surface area contributed by atoms with Crippen LogP contribution in [0.15, 0.2) is 18.2 Å². The highest BCUT2D eigenvalue weighted by Crippen LogP contribution is 2.32. The van der Waals surface area contributed by atoms with Crippen molar-refractivity contribution in [2.45, 2.75) is 6.42 Å². The minimum absolute atomic E-state index is 0.0738. The van der Waals surface area contributed by atoms with Crippen LogP contribution in [0.1, 0.15) is 16.8 Å². The van der Waals surface area contributed by atoms with Gasteiger partial charge in [-0.3, -0.25) is 9.59 Å². The molecule has 0 aliphatic carbocycles. The number of ether oxygens (including phenoxy) is 3. The Morgan fingerprint density at radius 3 is 2.67 bits per heavy atom. The number of hydrogen-bond acceptors (Lipinski definition) is 7. The normalized spacial score (nSPS) is 13.0. The number of carbonyl (C=O) groups is 2. The molecular formula is C13H14O7S. The van der Waals surface area contributed by atoms with E-state index in [1.165, 1.54) is 19.2 Å². The summed E-state index contributed by atoms with van der Waals surface area (Å²) >= 11 is 0. The van der Waals surface area contributed by atoms with Crippen molar-refractivity contribution >= 4 is 21.6 Å². The molecule has 1 aliphatic rings. The molecule has 114 valence electrons. The molecule has 0 unspecified atom stereocenters. The van der Waals surface area contributed by atoms with Gasteiger partial charge in [0.1, 0.15) is 5.75 Å². The van der Waals surface area contributed by atoms with Crippen molar-refractivity contribution in [2.75, 3.05) is 25.4 Å². The molecule has 0 amide bonds. The smallest absolute Gasteiger partial charge is 0.306 e. The number of Topliss-reactive ketones (excluding diaryl/α,β-unsaturated/α-hetero) is 1. The van der Waals surface area contributed by atoms with Gasteiger partial charge in [-0.1, -0.05) is 0 Å². The first-order chi connectivity index (χ1) is 9.91. The number of fused-ring (bicyclic) bond motifs is 1. The average molecular weight is 314 g/mol. The Labute approximate surface area is 121 Å². The fourth-order valence-corrected chi connectivity index (χ4v) is 2.95. The number of hydrogen-bond donors (Lipinski definition) is 0. The van der Waals surface area contributed by atoms with Gasteiger partial charge in [-0.2, -0.15) is 0 Å². The van der Waals surface area contributed by atoms with E-state index in [2.05, 4.69) is 4.74 Å². The zero-order chi connectivity index (χ0) is 15.5. The molecule has 8 heteroatoms. The third-order valence-electron chi connectivity index (χ3n) is 2.89. The highest BCUT2D eigenvalue weighted by Gasteiger charge is 2.22. The van der Waals surface area contributed by atoms with Gasteiger partial charge < -0.3 is 14.2 Å². The van der Waals surface area contributed by atoms with Crippen LogP contribution in [0.25, 0.3) is 0 Å². The standard InChI is InChI=1S/C13H14O7S/c1-18-13(15)4-5-21(16,17)7-10(14)9-2-3-11-12(6-9)20-8-19-11/h2-3,6H,4-5,7-8H2,1H3. The maximum Gasteiger partial charge on any atom is 0.306 e. The van der Waals surface area contributed by atoms with E-state index in [1.54, 1.807) is 6.07 Å². The van der Waals surface area contributed by atoms with E-state index in [9.17, 15) is 18.0 Å². The van der Waals surface area contributed by atoms with E-state index in [1.807, 2.05) is 0 Å². The van der Waals surface area contributed by atoms with Gasteiger partial charge in [-0.15, -0.1) is 0 Å². The van der Waals surface area contributed by atoms with Gasteiger partial charge in [0.15, 0.2) is 27.1 Å². The van der Waals surface area contributed by atoms with Crippen LogP contribution in [0.4, 0.5) is 0 Å². The van der Waals surface area contributed by atoms with Crippen molar-refractivity contribution in [3.8, 4) is 11.5 Å². The Bertz CT molecular complexity index is 663. The number of sulfone groups is 1. The molecule has 0 radical (unpaired) electrons. The summed E-state index contributed by atoms with van der Waals surface area (Å²) in [6.45, 7) is 0.0738. The fraction of sp³-hybridized carbons (Fsp3) is 0.385. The molecule has 1 aromatic carbocycles. The van der Waals surface area contributed by atoms with Gasteiger partial charge in [0.05, 0.1) is 19.3 Å². The van der Waals surface area contributed by atoms with Crippen molar-refractivity contribution < 1.29 is 32.2 Å². The van der Waals surface area contributed by atoms with Crippen LogP contribution in [0.5, 0.6) is 11.5 Å². The van der Waals surface area contributed by atoms with Crippen molar-refractivity contribution in [3.63, 3.8) is 0 Å². The van der Waals surface area contributed by atoms with Crippen molar-refractivity contribution in [1.82, 2.24) is 0 Å². The molecule has 1 aliphatic heterocycles. The van der Waals surface area contributed by atoms with Crippen molar-refractivity contribution in [2.24, 2.45) is 0 Å². The summed E-state index contributed by atoms with van der Waals surface area (Å²) in [6, 6.07) is 4.48. The predicted octanol–water partition coefficient (Wildman–Crippen LogP) is 0.576. The molecule has 0 aromatic heterocycles. The second kappa shape index (κ2) is 6.13. The first kappa shape index (κ1) is 15.3. The van der Waals surface area contributed by atoms with Gasteiger partial charge in [0.25, 0.3) is 0 Å². The molecule has 21 heavy (non-hydrogen) atoms. The topological polar surface area (TPSA) is 96.0 Å². The lowest BCUT2D eigenvalue weighted by atomic mass is 10.1. The van der Waals surface area contributed by atoms with E-state index < -0.39 is 33.1 Å². The predicted molar refractivity (Wildman–Crippen MR) is 72.2 cm³/mol. The van der Waals surface area contributed by atoms with Crippen LogP contribution in [0.2, 0.25) is 0 Å². The van der Waals surface area contributed by atoms with Crippen LogP contribution in [0.3, 0.4) is 0 Å². The van der Waals surface area contributed by atoms with Gasteiger partial charge >= 0.3 is 5.97 Å². The summed E-state index contributed by atoms with van der Waals surface area (Å²) < 4.78 is 38.2. The zero-order valence-corrected chi connectivity index (χ0v) is 12.1. The van der Waals surface area contributed by atoms with Crippen molar-refractivity contribution in [1.29, 1.82) is 0 Å². The maximum absolute atomic E-state index is 12.0. The summed E-state index contributed by atoms with van der Waals surface area (Å²) in [5.74, 6) is -1.35. The SMILES string of the molecule is COC(=O)CCS(=O)(=O)CC(=O)c1ccc2c(c1)OCO2. The number of ketones is 1. The molecule has 0 atom stereocenters. The molecular weight excluding hydrogens is 300 g/mol. The van der Waals surface area contributed by atoms with Gasteiger partial charge in [-0.05, 0) is 18.2 Å². The summed E-state index contributed by atoms with van der Waals surface area (Å²) in [6.07, 6.45) is -0.271. The van der Waals surface area contributed by atoms with Gasteiger partial charge in [-0.25, -0.2) is 8.42 Å². The first-order valence-corrected chi connectivity index (χ1v) is 7.93. The largest absolute Gasteiger partial charge is 0.469 e. The van der Waals surface area contributed by atoms with E-state index in [0.717, 1.165) is 0 Å². The average Bonchev–Trinajstić information content (AvgIpc) is 2.91. The molecule has 0 N–H and O–H groups in total. The minimum Gasteiger partial charge on any atom is -0.469 e. The van der Waals surface area contributed by atoms with Crippen LogP contribution in [-0.2, 0) is 19.4 Å². The monoisotopic (exact) mass is 314 g/mol. The molecule has 2 rings (SSSR count). The van der Waals surface area contributed by atoms with Crippen molar-refractivity contribution in [3.05, 3.63) is 23.8 Å². The molecule has 0 spiro atoms. The number of benzene rings is 1. The highest BCUT2D eigenvalue weighted by atomic mass is 32.2. The lowest BCUT2D eigenvalue weighted by Gasteiger charge is -2.04. The van der Waals surface area contributed by atoms with Crippen LogP contribution in [0, 0.1) is 0 Å². The Morgan fingerprint density at radius 1 is 1.24 bits per heavy atom. The first-order valence-electron chi connectivity index (χ1n) is 6.11. The van der Waals surface area contributed by atoms with Crippen LogP contribution < -0.4 is 9.47 Å². The number of rotatable bonds is 6. The van der Waals surface area contributed by atoms with E-state index in [4.69, 9.17) is 9.47 Å². The molecule has 1 aromatic rings. The maximum atomic E-state index is 12.0. The molecule has 0 fully saturated rings. The van der Waals surface area contributed by atoms with Crippen LogP contribution in [-0.4, -0.2) is 45.6 Å². The highest BCUT2D eigenvalue weighted by molar-refractivity contribution is 7.92. The second-order valence-electron chi connectivity index (χ2n) is 4.41. The van der Waals surface area contributed by atoms with E-state index in [-0.39, 0.29) is 18.8 Å². The molecule has 7 nitrogen and oxygen atoms in total. The molecule has 1 heterocycles. The Morgan fingerprint density at radius 2 is 1.95 bits per heavy atom. The lowest BCUT2D eigenvalue weighted by Crippen LogP contribution is -2.21. The molecule has 0 saturated carbocycles. The number of methoxy groups -OCH3 is 1.